The maximum absolute atomic E-state index is 13.1. The van der Waals surface area contributed by atoms with E-state index in [1.165, 1.54) is 22.7 Å². The Kier molecular flexibility index (Phi) is 6.11. The highest BCUT2D eigenvalue weighted by molar-refractivity contribution is 7.21. The summed E-state index contributed by atoms with van der Waals surface area (Å²) in [4.78, 5) is 28.6. The number of thiazole rings is 1. The third-order valence-electron chi connectivity index (χ3n) is 5.26. The number of ether oxygens (including phenoxy) is 2. The number of nitrogens with one attached hydrogen (secondary N) is 1. The van der Waals surface area contributed by atoms with Gasteiger partial charge in [0.05, 0.1) is 30.5 Å². The number of carbonyl (C=O) groups is 1. The van der Waals surface area contributed by atoms with Crippen LogP contribution >= 0.6 is 22.7 Å². The summed E-state index contributed by atoms with van der Waals surface area (Å²) in [5, 5.41) is 6.28. The molecule has 3 heterocycles. The Labute approximate surface area is 200 Å². The number of anilines is 1. The van der Waals surface area contributed by atoms with Gasteiger partial charge in [0.2, 0.25) is 0 Å². The average Bonchev–Trinajstić information content (AvgIpc) is 3.37. The summed E-state index contributed by atoms with van der Waals surface area (Å²) in [7, 11) is 3.22. The van der Waals surface area contributed by atoms with Gasteiger partial charge in [-0.05, 0) is 37.6 Å². The molecule has 172 valence electrons. The van der Waals surface area contributed by atoms with Gasteiger partial charge in [0.15, 0.2) is 5.13 Å². The Morgan fingerprint density at radius 3 is 2.48 bits per heavy atom. The molecule has 1 amide bonds. The van der Waals surface area contributed by atoms with Crippen LogP contribution in [-0.2, 0) is 5.41 Å². The molecule has 0 spiro atoms. The van der Waals surface area contributed by atoms with Gasteiger partial charge in [-0.25, -0.2) is 15.0 Å². The van der Waals surface area contributed by atoms with Crippen molar-refractivity contribution in [3.8, 4) is 22.8 Å². The van der Waals surface area contributed by atoms with Crippen molar-refractivity contribution in [1.29, 1.82) is 0 Å². The highest BCUT2D eigenvalue weighted by Gasteiger charge is 2.24. The van der Waals surface area contributed by atoms with Crippen LogP contribution in [0.3, 0.4) is 0 Å². The summed E-state index contributed by atoms with van der Waals surface area (Å²) in [6.07, 6.45) is 0. The first-order valence-corrected chi connectivity index (χ1v) is 12.1. The van der Waals surface area contributed by atoms with Crippen molar-refractivity contribution in [3.05, 3.63) is 45.5 Å². The number of benzene rings is 1. The number of amides is 1. The number of thiophene rings is 1. The van der Waals surface area contributed by atoms with E-state index in [0.29, 0.717) is 27.2 Å². The number of carbonyl (C=O) groups excluding carboxylic acids is 1. The van der Waals surface area contributed by atoms with Gasteiger partial charge in [0, 0.05) is 21.7 Å². The van der Waals surface area contributed by atoms with Gasteiger partial charge in [-0.2, -0.15) is 0 Å². The predicted molar refractivity (Wildman–Crippen MR) is 134 cm³/mol. The summed E-state index contributed by atoms with van der Waals surface area (Å²) in [6, 6.07) is 5.53. The molecule has 3 aromatic heterocycles. The molecule has 0 aliphatic heterocycles. The zero-order valence-electron chi connectivity index (χ0n) is 19.7. The smallest absolute Gasteiger partial charge is 0.267 e. The van der Waals surface area contributed by atoms with E-state index in [1.54, 1.807) is 14.2 Å². The first-order chi connectivity index (χ1) is 15.6. The second-order valence-electron chi connectivity index (χ2n) is 8.68. The van der Waals surface area contributed by atoms with E-state index in [-0.39, 0.29) is 11.3 Å². The molecule has 33 heavy (non-hydrogen) atoms. The van der Waals surface area contributed by atoms with Crippen LogP contribution in [0.4, 0.5) is 5.13 Å². The number of aryl methyl sites for hydroxylation is 2. The van der Waals surface area contributed by atoms with E-state index >= 15 is 0 Å². The Balaban J connectivity index is 1.64. The molecule has 0 saturated carbocycles. The first kappa shape index (κ1) is 23.1. The van der Waals surface area contributed by atoms with E-state index in [2.05, 4.69) is 36.1 Å². The first-order valence-electron chi connectivity index (χ1n) is 10.4. The van der Waals surface area contributed by atoms with Gasteiger partial charge >= 0.3 is 0 Å². The number of methoxy groups -OCH3 is 2. The Morgan fingerprint density at radius 2 is 1.82 bits per heavy atom. The summed E-state index contributed by atoms with van der Waals surface area (Å²) >= 11 is 2.75. The number of aromatic nitrogens is 3. The maximum Gasteiger partial charge on any atom is 0.267 e. The van der Waals surface area contributed by atoms with Gasteiger partial charge < -0.3 is 9.47 Å². The normalized spacial score (nSPS) is 11.6. The van der Waals surface area contributed by atoms with Crippen molar-refractivity contribution in [1.82, 2.24) is 15.0 Å². The molecule has 1 aromatic carbocycles. The van der Waals surface area contributed by atoms with Crippen molar-refractivity contribution < 1.29 is 14.3 Å². The third-order valence-corrected chi connectivity index (χ3v) is 7.20. The summed E-state index contributed by atoms with van der Waals surface area (Å²) in [6.45, 7) is 10.2. The molecular formula is C24H26N4O3S2. The minimum atomic E-state index is -0.203. The Hall–Kier alpha value is -3.04. The molecule has 4 aromatic rings. The van der Waals surface area contributed by atoms with Crippen LogP contribution < -0.4 is 14.8 Å². The quantitative estimate of drug-likeness (QED) is 0.375. The molecule has 0 bridgehead atoms. The number of rotatable bonds is 5. The molecule has 0 aliphatic carbocycles. The van der Waals surface area contributed by atoms with Crippen molar-refractivity contribution in [3.63, 3.8) is 0 Å². The van der Waals surface area contributed by atoms with Crippen LogP contribution in [0, 0.1) is 13.8 Å². The molecule has 9 heteroatoms. The van der Waals surface area contributed by atoms with Crippen LogP contribution in [-0.4, -0.2) is 35.1 Å². The van der Waals surface area contributed by atoms with Crippen LogP contribution in [0.15, 0.2) is 23.6 Å². The van der Waals surface area contributed by atoms with Crippen molar-refractivity contribution in [2.45, 2.75) is 40.0 Å². The zero-order chi connectivity index (χ0) is 23.9. The minimum Gasteiger partial charge on any atom is -0.497 e. The maximum atomic E-state index is 13.1. The number of hydrogen-bond donors (Lipinski definition) is 1. The lowest BCUT2D eigenvalue weighted by Crippen LogP contribution is -2.16. The zero-order valence-corrected chi connectivity index (χ0v) is 21.3. The summed E-state index contributed by atoms with van der Waals surface area (Å²) in [5.41, 5.74) is 3.11. The van der Waals surface area contributed by atoms with E-state index in [1.807, 2.05) is 37.4 Å². The monoisotopic (exact) mass is 482 g/mol. The number of fused-ring (bicyclic) bond motifs is 1. The Bertz CT molecular complexity index is 1350. The average molecular weight is 483 g/mol. The van der Waals surface area contributed by atoms with E-state index < -0.39 is 0 Å². The van der Waals surface area contributed by atoms with E-state index in [4.69, 9.17) is 14.5 Å². The predicted octanol–water partition coefficient (Wildman–Crippen LogP) is 6.00. The molecule has 4 rings (SSSR count). The van der Waals surface area contributed by atoms with Crippen molar-refractivity contribution >= 4 is 43.9 Å². The number of nitrogens with zero attached hydrogens (tertiary/aromatic N) is 3. The van der Waals surface area contributed by atoms with Gasteiger partial charge in [-0.3, -0.25) is 10.1 Å². The van der Waals surface area contributed by atoms with Gasteiger partial charge in [0.25, 0.3) is 5.91 Å². The second-order valence-corrected chi connectivity index (χ2v) is 10.5. The molecule has 7 nitrogen and oxygen atoms in total. The summed E-state index contributed by atoms with van der Waals surface area (Å²) in [5.74, 6) is 1.96. The standard InChI is InChI=1S/C24H26N4O3S2/c1-12-18-13(2)25-22(24(3,4)5)28-21(18)33-19(12)20(29)27-23-26-16(11-32-23)15-10-14(30-6)8-9-17(15)31-7/h8-11H,1-7H3,(H,26,27,29). The highest BCUT2D eigenvalue weighted by Crippen LogP contribution is 2.36. The van der Waals surface area contributed by atoms with Crippen LogP contribution in [0.1, 0.15) is 47.5 Å². The fourth-order valence-electron chi connectivity index (χ4n) is 3.51. The van der Waals surface area contributed by atoms with E-state index in [0.717, 1.165) is 32.9 Å². The lowest BCUT2D eigenvalue weighted by molar-refractivity contribution is 0.103. The van der Waals surface area contributed by atoms with Gasteiger partial charge in [0.1, 0.15) is 22.2 Å². The van der Waals surface area contributed by atoms with Crippen molar-refractivity contribution in [2.24, 2.45) is 0 Å². The molecule has 0 fully saturated rings. The molecule has 0 saturated heterocycles. The Morgan fingerprint density at radius 1 is 1.06 bits per heavy atom. The fraction of sp³-hybridized carbons (Fsp3) is 0.333. The van der Waals surface area contributed by atoms with Gasteiger partial charge in [-0.1, -0.05) is 20.8 Å². The second kappa shape index (κ2) is 8.72. The fourth-order valence-corrected chi connectivity index (χ4v) is 5.35. The third kappa shape index (κ3) is 4.43. The van der Waals surface area contributed by atoms with Gasteiger partial charge in [-0.15, -0.1) is 22.7 Å². The van der Waals surface area contributed by atoms with Crippen molar-refractivity contribution in [2.75, 3.05) is 19.5 Å². The highest BCUT2D eigenvalue weighted by atomic mass is 32.1. The molecule has 1 N–H and O–H groups in total. The molecular weight excluding hydrogens is 456 g/mol. The topological polar surface area (TPSA) is 86.2 Å². The minimum absolute atomic E-state index is 0.169. The molecule has 0 aliphatic rings. The summed E-state index contributed by atoms with van der Waals surface area (Å²) < 4.78 is 10.8. The largest absolute Gasteiger partial charge is 0.497 e. The molecule has 0 atom stereocenters. The van der Waals surface area contributed by atoms with Crippen LogP contribution in [0.25, 0.3) is 21.5 Å². The van der Waals surface area contributed by atoms with E-state index in [9.17, 15) is 4.79 Å². The SMILES string of the molecule is COc1ccc(OC)c(-c2csc(NC(=O)c3sc4nc(C(C)(C)C)nc(C)c4c3C)n2)c1. The van der Waals surface area contributed by atoms with Crippen LogP contribution in [0.5, 0.6) is 11.5 Å². The lowest BCUT2D eigenvalue weighted by Gasteiger charge is -2.16. The van der Waals surface area contributed by atoms with Crippen LogP contribution in [0.2, 0.25) is 0 Å². The lowest BCUT2D eigenvalue weighted by atomic mass is 9.95. The number of hydrogen-bond acceptors (Lipinski definition) is 8. The molecule has 0 unspecified atom stereocenters. The molecule has 0 radical (unpaired) electrons.